The molecule has 1 unspecified atom stereocenters. The number of pyridine rings is 1. The molecule has 1 aromatic carbocycles. The van der Waals surface area contributed by atoms with Gasteiger partial charge in [-0.15, -0.1) is 0 Å². The van der Waals surface area contributed by atoms with E-state index < -0.39 is 0 Å². The summed E-state index contributed by atoms with van der Waals surface area (Å²) < 4.78 is 17.9. The average Bonchev–Trinajstić information content (AvgIpc) is 3.29. The molecule has 31 heavy (non-hydrogen) atoms. The molecule has 0 saturated carbocycles. The van der Waals surface area contributed by atoms with Crippen molar-refractivity contribution in [3.8, 4) is 0 Å². The average molecular weight is 420 g/mol. The Labute approximate surface area is 176 Å². The molecule has 1 N–H and O–H groups in total. The van der Waals surface area contributed by atoms with Crippen LogP contribution in [-0.2, 0) is 19.5 Å². The Balaban J connectivity index is 1.26. The van der Waals surface area contributed by atoms with Crippen LogP contribution < -0.4 is 11.0 Å². The Bertz CT molecular complexity index is 1300. The molecule has 1 atom stereocenters. The molecule has 0 radical (unpaired) electrons. The van der Waals surface area contributed by atoms with Crippen molar-refractivity contribution in [2.45, 2.75) is 38.4 Å². The molecule has 4 heterocycles. The first-order chi connectivity index (χ1) is 15.1. The van der Waals surface area contributed by atoms with E-state index in [2.05, 4.69) is 15.5 Å². The number of hydrogen-bond acceptors (Lipinski definition) is 4. The summed E-state index contributed by atoms with van der Waals surface area (Å²) in [6.45, 7) is 0.792. The van der Waals surface area contributed by atoms with E-state index in [1.165, 1.54) is 16.8 Å². The van der Waals surface area contributed by atoms with Crippen LogP contribution in [0.1, 0.15) is 34.6 Å². The first-order valence-electron chi connectivity index (χ1n) is 10.2. The van der Waals surface area contributed by atoms with Gasteiger partial charge in [-0.1, -0.05) is 12.1 Å². The molecule has 1 aliphatic heterocycles. The van der Waals surface area contributed by atoms with Crippen LogP contribution in [0.2, 0.25) is 0 Å². The van der Waals surface area contributed by atoms with E-state index in [4.69, 9.17) is 0 Å². The number of hydrogen-bond donors (Lipinski definition) is 1. The number of fused-ring (bicyclic) bond motifs is 2. The third-order valence-corrected chi connectivity index (χ3v) is 5.66. The summed E-state index contributed by atoms with van der Waals surface area (Å²) in [5.41, 5.74) is 2.07. The minimum atomic E-state index is -0.310. The van der Waals surface area contributed by atoms with Crippen LogP contribution in [0.25, 0.3) is 5.52 Å². The third kappa shape index (κ3) is 3.86. The fraction of sp³-hybridized carbons (Fsp3) is 0.273. The van der Waals surface area contributed by atoms with E-state index in [9.17, 15) is 14.0 Å². The van der Waals surface area contributed by atoms with Crippen molar-refractivity contribution in [3.05, 3.63) is 88.1 Å². The molecular weight excluding hydrogens is 399 g/mol. The largest absolute Gasteiger partial charge is 0.349 e. The van der Waals surface area contributed by atoms with Gasteiger partial charge in [0.25, 0.3) is 5.91 Å². The summed E-state index contributed by atoms with van der Waals surface area (Å²) >= 11 is 0. The van der Waals surface area contributed by atoms with Gasteiger partial charge in [-0.2, -0.15) is 10.2 Å². The second-order valence-electron chi connectivity index (χ2n) is 7.75. The zero-order chi connectivity index (χ0) is 21.4. The second-order valence-corrected chi connectivity index (χ2v) is 7.75. The molecule has 3 aromatic heterocycles. The normalized spacial score (nSPS) is 16.1. The number of benzene rings is 1. The number of amides is 1. The molecule has 158 valence electrons. The zero-order valence-corrected chi connectivity index (χ0v) is 16.7. The topological polar surface area (TPSA) is 86.2 Å². The summed E-state index contributed by atoms with van der Waals surface area (Å²) in [7, 11) is 0. The van der Waals surface area contributed by atoms with Crippen molar-refractivity contribution < 1.29 is 9.18 Å². The first-order valence-corrected chi connectivity index (χ1v) is 10.2. The van der Waals surface area contributed by atoms with Crippen LogP contribution in [-0.4, -0.2) is 35.9 Å². The van der Waals surface area contributed by atoms with Crippen molar-refractivity contribution in [2.24, 2.45) is 0 Å². The van der Waals surface area contributed by atoms with E-state index in [0.717, 1.165) is 11.1 Å². The summed E-state index contributed by atoms with van der Waals surface area (Å²) in [6.07, 6.45) is 5.39. The van der Waals surface area contributed by atoms with E-state index in [1.54, 1.807) is 45.7 Å². The predicted molar refractivity (Wildman–Crippen MR) is 111 cm³/mol. The van der Waals surface area contributed by atoms with Crippen LogP contribution >= 0.6 is 0 Å². The maximum Gasteiger partial charge on any atom is 0.346 e. The Kier molecular flexibility index (Phi) is 4.85. The fourth-order valence-electron chi connectivity index (χ4n) is 3.97. The summed E-state index contributed by atoms with van der Waals surface area (Å²) in [5.74, 6) is 0.265. The van der Waals surface area contributed by atoms with Gasteiger partial charge in [0.05, 0.1) is 12.1 Å². The number of aryl methyl sites for hydroxylation is 1. The minimum Gasteiger partial charge on any atom is -0.349 e. The van der Waals surface area contributed by atoms with E-state index in [-0.39, 0.29) is 23.5 Å². The van der Waals surface area contributed by atoms with Gasteiger partial charge >= 0.3 is 5.69 Å². The minimum absolute atomic E-state index is 0.0414. The quantitative estimate of drug-likeness (QED) is 0.547. The monoisotopic (exact) mass is 420 g/mol. The lowest BCUT2D eigenvalue weighted by Crippen LogP contribution is -2.36. The van der Waals surface area contributed by atoms with E-state index >= 15 is 0 Å². The van der Waals surface area contributed by atoms with Gasteiger partial charge in [0.15, 0.2) is 0 Å². The van der Waals surface area contributed by atoms with Crippen molar-refractivity contribution in [1.29, 1.82) is 0 Å². The number of rotatable bonds is 4. The Morgan fingerprint density at radius 3 is 2.84 bits per heavy atom. The number of nitrogens with zero attached hydrogens (tertiary/aromatic N) is 5. The zero-order valence-electron chi connectivity index (χ0n) is 16.7. The lowest BCUT2D eigenvalue weighted by atomic mass is 10.1. The highest BCUT2D eigenvalue weighted by molar-refractivity contribution is 5.95. The van der Waals surface area contributed by atoms with Crippen LogP contribution in [0.3, 0.4) is 0 Å². The molecule has 0 aliphatic carbocycles. The number of carbonyl (C=O) groups excluding carboxylic acids is 1. The van der Waals surface area contributed by atoms with Gasteiger partial charge in [0.1, 0.15) is 11.6 Å². The lowest BCUT2D eigenvalue weighted by Gasteiger charge is -2.16. The highest BCUT2D eigenvalue weighted by Crippen LogP contribution is 2.14. The Hall–Kier alpha value is -3.75. The second kappa shape index (κ2) is 7.82. The summed E-state index contributed by atoms with van der Waals surface area (Å²) in [4.78, 5) is 25.5. The highest BCUT2D eigenvalue weighted by atomic mass is 19.1. The highest BCUT2D eigenvalue weighted by Gasteiger charge is 2.22. The van der Waals surface area contributed by atoms with Gasteiger partial charge < -0.3 is 5.32 Å². The molecule has 1 amide bonds. The van der Waals surface area contributed by atoms with Crippen LogP contribution in [0.5, 0.6) is 0 Å². The van der Waals surface area contributed by atoms with Crippen molar-refractivity contribution in [1.82, 2.24) is 29.3 Å². The third-order valence-electron chi connectivity index (χ3n) is 5.66. The van der Waals surface area contributed by atoms with Crippen molar-refractivity contribution >= 4 is 11.4 Å². The fourth-order valence-corrected chi connectivity index (χ4v) is 3.97. The molecule has 5 rings (SSSR count). The van der Waals surface area contributed by atoms with Crippen molar-refractivity contribution in [2.75, 3.05) is 0 Å². The summed E-state index contributed by atoms with van der Waals surface area (Å²) in [6, 6.07) is 11.4. The van der Waals surface area contributed by atoms with Gasteiger partial charge in [-0.05, 0) is 48.7 Å². The molecule has 0 fully saturated rings. The Morgan fingerprint density at radius 2 is 2.00 bits per heavy atom. The molecular formula is C22H21FN6O2. The molecule has 1 aliphatic rings. The number of halogens is 1. The van der Waals surface area contributed by atoms with Gasteiger partial charge in [-0.25, -0.2) is 18.4 Å². The van der Waals surface area contributed by atoms with Gasteiger partial charge in [0.2, 0.25) is 0 Å². The maximum absolute atomic E-state index is 13.1. The summed E-state index contributed by atoms with van der Waals surface area (Å²) in [5, 5.41) is 11.7. The Morgan fingerprint density at radius 1 is 1.16 bits per heavy atom. The number of nitrogens with one attached hydrogen (secondary N) is 1. The SMILES string of the molecule is O=C(NC1CCc2nn(Cc3ccc(F)cc3)c(=O)n2CC1)c1ccn2nccc2c1. The standard InChI is InChI=1S/C22H21FN6O2/c23-17-3-1-15(2-4-17)14-29-22(31)27-11-9-18(5-6-20(27)26-29)25-21(30)16-8-12-28-19(13-16)7-10-24-28/h1-4,7-8,10,12-13,18H,5-6,9,11,14H2,(H,25,30). The molecule has 8 nitrogen and oxygen atoms in total. The molecule has 4 aromatic rings. The first kappa shape index (κ1) is 19.2. The molecule has 0 spiro atoms. The van der Waals surface area contributed by atoms with Gasteiger partial charge in [-0.3, -0.25) is 9.36 Å². The van der Waals surface area contributed by atoms with Crippen molar-refractivity contribution in [3.63, 3.8) is 0 Å². The van der Waals surface area contributed by atoms with Crippen LogP contribution in [0.15, 0.2) is 59.7 Å². The molecule has 0 bridgehead atoms. The molecule has 9 heteroatoms. The maximum atomic E-state index is 13.1. The smallest absolute Gasteiger partial charge is 0.346 e. The number of aromatic nitrogens is 5. The van der Waals surface area contributed by atoms with Crippen LogP contribution in [0.4, 0.5) is 4.39 Å². The molecule has 0 saturated heterocycles. The van der Waals surface area contributed by atoms with E-state index in [0.29, 0.717) is 43.7 Å². The van der Waals surface area contributed by atoms with Gasteiger partial charge in [0, 0.05) is 37.0 Å². The lowest BCUT2D eigenvalue weighted by molar-refractivity contribution is 0.0933. The van der Waals surface area contributed by atoms with E-state index in [1.807, 2.05) is 6.07 Å². The number of carbonyl (C=O) groups is 1. The van der Waals surface area contributed by atoms with Crippen LogP contribution in [0, 0.1) is 5.82 Å². The predicted octanol–water partition coefficient (Wildman–Crippen LogP) is 2.01.